The van der Waals surface area contributed by atoms with Crippen molar-refractivity contribution in [1.29, 1.82) is 0 Å². The van der Waals surface area contributed by atoms with Crippen LogP contribution >= 0.6 is 0 Å². The lowest BCUT2D eigenvalue weighted by molar-refractivity contribution is 0.0948. The van der Waals surface area contributed by atoms with Crippen molar-refractivity contribution in [3.63, 3.8) is 0 Å². The Hall–Kier alpha value is -3.93. The second kappa shape index (κ2) is 9.92. The van der Waals surface area contributed by atoms with E-state index in [-0.39, 0.29) is 18.2 Å². The van der Waals surface area contributed by atoms with E-state index in [1.807, 2.05) is 71.3 Å². The Bertz CT molecular complexity index is 1230. The highest BCUT2D eigenvalue weighted by molar-refractivity contribution is 5.97. The number of benzene rings is 3. The van der Waals surface area contributed by atoms with Crippen LogP contribution in [0.15, 0.2) is 78.9 Å². The maximum atomic E-state index is 12.8. The maximum Gasteiger partial charge on any atom is 0.255 e. The van der Waals surface area contributed by atoms with Crippen LogP contribution in [0.1, 0.15) is 33.0 Å². The fraction of sp³-hybridized carbons (Fsp3) is 0.192. The van der Waals surface area contributed by atoms with Gasteiger partial charge >= 0.3 is 0 Å². The van der Waals surface area contributed by atoms with Crippen LogP contribution in [0.4, 0.5) is 0 Å². The van der Waals surface area contributed by atoms with Crippen LogP contribution in [0, 0.1) is 0 Å². The summed E-state index contributed by atoms with van der Waals surface area (Å²) in [5, 5.41) is 2.94. The number of nitrogens with zero attached hydrogens (tertiary/aromatic N) is 2. The minimum absolute atomic E-state index is 0.0412. The van der Waals surface area contributed by atoms with Crippen molar-refractivity contribution in [3.05, 3.63) is 95.8 Å². The molecule has 3 aromatic carbocycles. The van der Waals surface area contributed by atoms with Gasteiger partial charge in [-0.05, 0) is 30.7 Å². The topological polar surface area (TPSA) is 73.2 Å². The molecule has 6 nitrogen and oxygen atoms in total. The molecule has 0 aliphatic rings. The number of hydrogen-bond acceptors (Lipinski definition) is 4. The zero-order valence-electron chi connectivity index (χ0n) is 18.0. The van der Waals surface area contributed by atoms with Crippen LogP contribution < -0.4 is 10.1 Å². The normalized spacial score (nSPS) is 10.8. The zero-order chi connectivity index (χ0) is 22.3. The van der Waals surface area contributed by atoms with Gasteiger partial charge in [0.25, 0.3) is 5.91 Å². The van der Waals surface area contributed by atoms with E-state index >= 15 is 0 Å². The van der Waals surface area contributed by atoms with E-state index in [2.05, 4.69) is 5.32 Å². The maximum absolute atomic E-state index is 12.8. The average molecular weight is 428 g/mol. The van der Waals surface area contributed by atoms with Crippen molar-refractivity contribution in [2.45, 2.75) is 19.4 Å². The highest BCUT2D eigenvalue weighted by Gasteiger charge is 2.15. The largest absolute Gasteiger partial charge is 0.496 e. The Balaban J connectivity index is 1.44. The van der Waals surface area contributed by atoms with E-state index in [4.69, 9.17) is 9.72 Å². The molecule has 0 radical (unpaired) electrons. The van der Waals surface area contributed by atoms with Gasteiger partial charge in [0.1, 0.15) is 11.6 Å². The van der Waals surface area contributed by atoms with Crippen LogP contribution in [0.3, 0.4) is 0 Å². The molecule has 0 unspecified atom stereocenters. The Morgan fingerprint density at radius 2 is 1.66 bits per heavy atom. The number of nitrogens with one attached hydrogen (secondary N) is 1. The second-order valence-corrected chi connectivity index (χ2v) is 7.45. The minimum Gasteiger partial charge on any atom is -0.496 e. The number of hydrogen-bond donors (Lipinski definition) is 1. The first-order chi connectivity index (χ1) is 15.7. The average Bonchev–Trinajstić information content (AvgIpc) is 3.19. The Labute approximate surface area is 186 Å². The van der Waals surface area contributed by atoms with Crippen LogP contribution in [0.25, 0.3) is 11.0 Å². The van der Waals surface area contributed by atoms with Gasteiger partial charge in [-0.3, -0.25) is 9.59 Å². The SMILES string of the molecule is COc1ccccc1C(=O)NCCCc1nc2ccccc2n1CC(=O)c1ccccc1. The molecule has 1 heterocycles. The van der Waals surface area contributed by atoms with Crippen molar-refractivity contribution in [3.8, 4) is 5.75 Å². The molecule has 4 rings (SSSR count). The standard InChI is InChI=1S/C26H25N3O3/c1-32-24-15-8-5-12-20(24)26(31)27-17-9-16-25-28-21-13-6-7-14-22(21)29(25)18-23(30)19-10-3-2-4-11-19/h2-8,10-15H,9,16-18H2,1H3,(H,27,31). The fourth-order valence-corrected chi connectivity index (χ4v) is 3.73. The van der Waals surface area contributed by atoms with Gasteiger partial charge in [0.2, 0.25) is 0 Å². The number of aromatic nitrogens is 2. The highest BCUT2D eigenvalue weighted by atomic mass is 16.5. The van der Waals surface area contributed by atoms with Crippen molar-refractivity contribution < 1.29 is 14.3 Å². The summed E-state index contributed by atoms with van der Waals surface area (Å²) in [7, 11) is 1.55. The number of carbonyl (C=O) groups is 2. The van der Waals surface area contributed by atoms with E-state index in [0.717, 1.165) is 16.9 Å². The van der Waals surface area contributed by atoms with E-state index in [1.165, 1.54) is 0 Å². The monoisotopic (exact) mass is 427 g/mol. The van der Waals surface area contributed by atoms with Gasteiger partial charge in [-0.1, -0.05) is 54.6 Å². The molecule has 0 saturated heterocycles. The molecule has 0 aliphatic heterocycles. The highest BCUT2D eigenvalue weighted by Crippen LogP contribution is 2.19. The van der Waals surface area contributed by atoms with Gasteiger partial charge in [-0.15, -0.1) is 0 Å². The first-order valence-electron chi connectivity index (χ1n) is 10.6. The predicted molar refractivity (Wildman–Crippen MR) is 124 cm³/mol. The number of imidazole rings is 1. The van der Waals surface area contributed by atoms with E-state index in [9.17, 15) is 9.59 Å². The number of para-hydroxylation sites is 3. The summed E-state index contributed by atoms with van der Waals surface area (Å²) in [6.45, 7) is 0.722. The van der Waals surface area contributed by atoms with Crippen molar-refractivity contribution in [1.82, 2.24) is 14.9 Å². The molecule has 1 N–H and O–H groups in total. The van der Waals surface area contributed by atoms with Crippen molar-refractivity contribution in [2.75, 3.05) is 13.7 Å². The number of ether oxygens (including phenoxy) is 1. The number of rotatable bonds is 9. The summed E-state index contributed by atoms with van der Waals surface area (Å²) in [4.78, 5) is 30.1. The lowest BCUT2D eigenvalue weighted by Crippen LogP contribution is -2.25. The number of fused-ring (bicyclic) bond motifs is 1. The summed E-state index contributed by atoms with van der Waals surface area (Å²) in [6.07, 6.45) is 1.34. The van der Waals surface area contributed by atoms with Gasteiger partial charge in [0.05, 0.1) is 30.3 Å². The second-order valence-electron chi connectivity index (χ2n) is 7.45. The van der Waals surface area contributed by atoms with Gasteiger partial charge in [0, 0.05) is 18.5 Å². The molecule has 0 saturated carbocycles. The number of amides is 1. The Kier molecular flexibility index (Phi) is 6.60. The van der Waals surface area contributed by atoms with Crippen LogP contribution in [0.2, 0.25) is 0 Å². The molecule has 4 aromatic rings. The number of aryl methyl sites for hydroxylation is 1. The third-order valence-corrected chi connectivity index (χ3v) is 5.35. The molecular weight excluding hydrogens is 402 g/mol. The van der Waals surface area contributed by atoms with E-state index in [1.54, 1.807) is 19.2 Å². The lowest BCUT2D eigenvalue weighted by Gasteiger charge is -2.10. The molecule has 0 atom stereocenters. The molecule has 162 valence electrons. The van der Waals surface area contributed by atoms with Gasteiger partial charge < -0.3 is 14.6 Å². The summed E-state index contributed by atoms with van der Waals surface area (Å²) in [6, 6.07) is 24.2. The predicted octanol–water partition coefficient (Wildman–Crippen LogP) is 4.29. The Morgan fingerprint density at radius 3 is 2.47 bits per heavy atom. The van der Waals surface area contributed by atoms with E-state index in [0.29, 0.717) is 36.3 Å². The molecule has 0 fully saturated rings. The first kappa shape index (κ1) is 21.3. The number of methoxy groups -OCH3 is 1. The molecule has 6 heteroatoms. The van der Waals surface area contributed by atoms with Crippen LogP contribution in [0.5, 0.6) is 5.75 Å². The minimum atomic E-state index is -0.171. The summed E-state index contributed by atoms with van der Waals surface area (Å²) in [5.74, 6) is 1.25. The molecule has 0 spiro atoms. The summed E-state index contributed by atoms with van der Waals surface area (Å²) in [5.41, 5.74) is 2.99. The van der Waals surface area contributed by atoms with Crippen molar-refractivity contribution >= 4 is 22.7 Å². The van der Waals surface area contributed by atoms with Gasteiger partial charge in [-0.25, -0.2) is 4.98 Å². The van der Waals surface area contributed by atoms with Crippen LogP contribution in [-0.4, -0.2) is 34.9 Å². The number of carbonyl (C=O) groups excluding carboxylic acids is 2. The fourth-order valence-electron chi connectivity index (χ4n) is 3.73. The molecular formula is C26H25N3O3. The van der Waals surface area contributed by atoms with Gasteiger partial charge in [-0.2, -0.15) is 0 Å². The number of Topliss-reactive ketones (excluding diaryl/α,β-unsaturated/α-hetero) is 1. The smallest absolute Gasteiger partial charge is 0.255 e. The van der Waals surface area contributed by atoms with Crippen LogP contribution in [-0.2, 0) is 13.0 Å². The third kappa shape index (κ3) is 4.70. The molecule has 32 heavy (non-hydrogen) atoms. The molecule has 0 aliphatic carbocycles. The quantitative estimate of drug-likeness (QED) is 0.319. The molecule has 1 aromatic heterocycles. The first-order valence-corrected chi connectivity index (χ1v) is 10.6. The summed E-state index contributed by atoms with van der Waals surface area (Å²) >= 11 is 0. The van der Waals surface area contributed by atoms with E-state index < -0.39 is 0 Å². The zero-order valence-corrected chi connectivity index (χ0v) is 18.0. The van der Waals surface area contributed by atoms with Crippen molar-refractivity contribution in [2.24, 2.45) is 0 Å². The Morgan fingerprint density at radius 1 is 0.938 bits per heavy atom. The lowest BCUT2D eigenvalue weighted by atomic mass is 10.1. The molecule has 1 amide bonds. The van der Waals surface area contributed by atoms with Gasteiger partial charge in [0.15, 0.2) is 5.78 Å². The summed E-state index contributed by atoms with van der Waals surface area (Å²) < 4.78 is 7.24. The number of ketones is 1. The molecule has 0 bridgehead atoms. The third-order valence-electron chi connectivity index (χ3n) is 5.35.